The van der Waals surface area contributed by atoms with Gasteiger partial charge in [-0.3, -0.25) is 4.98 Å². The zero-order valence-electron chi connectivity index (χ0n) is 18.7. The Hall–Kier alpha value is -3.10. The second-order valence-corrected chi connectivity index (χ2v) is 8.70. The Bertz CT molecular complexity index is 1040. The van der Waals surface area contributed by atoms with Crippen molar-refractivity contribution in [3.8, 4) is 22.5 Å². The minimum atomic E-state index is 0.786. The number of likely N-dealkylation sites (N-methyl/N-ethyl adjacent to an activating group) is 1. The van der Waals surface area contributed by atoms with Gasteiger partial charge in [-0.15, -0.1) is 0 Å². The number of nitrogens with zero attached hydrogens (tertiary/aromatic N) is 5. The van der Waals surface area contributed by atoms with Crippen LogP contribution < -0.4 is 20.9 Å². The normalized spacial score (nSPS) is 18.0. The van der Waals surface area contributed by atoms with Crippen molar-refractivity contribution >= 4 is 17.3 Å². The Balaban J connectivity index is 1.35. The second kappa shape index (κ2) is 9.18. The molecule has 0 unspecified atom stereocenters. The van der Waals surface area contributed by atoms with Gasteiger partial charge >= 0.3 is 0 Å². The molecule has 8 nitrogen and oxygen atoms in total. The summed E-state index contributed by atoms with van der Waals surface area (Å²) in [7, 11) is 2.18. The first-order valence-electron chi connectivity index (χ1n) is 11.5. The maximum atomic E-state index is 6.34. The number of pyridine rings is 2. The van der Waals surface area contributed by atoms with E-state index in [0.29, 0.717) is 0 Å². The van der Waals surface area contributed by atoms with Crippen LogP contribution in [0.4, 0.5) is 17.3 Å². The van der Waals surface area contributed by atoms with Gasteiger partial charge in [-0.25, -0.2) is 4.98 Å². The van der Waals surface area contributed by atoms with Crippen molar-refractivity contribution in [2.75, 3.05) is 74.9 Å². The molecule has 0 radical (unpaired) electrons. The number of aromatic amines is 1. The smallest absolute Gasteiger partial charge is 0.130 e. The van der Waals surface area contributed by atoms with Crippen molar-refractivity contribution in [2.45, 2.75) is 6.42 Å². The quantitative estimate of drug-likeness (QED) is 0.583. The number of anilines is 3. The maximum absolute atomic E-state index is 6.34. The van der Waals surface area contributed by atoms with E-state index in [1.165, 1.54) is 6.42 Å². The first-order chi connectivity index (χ1) is 15.7. The molecule has 4 N–H and O–H groups in total. The summed E-state index contributed by atoms with van der Waals surface area (Å²) in [6.45, 7) is 8.14. The SMILES string of the molecule is CN1CCCN(c2ccc(-c3cc(-c4cc(N)c(N5CCNCC5)[nH]4)ccn3)cn2)CC1. The lowest BCUT2D eigenvalue weighted by Gasteiger charge is -2.28. The van der Waals surface area contributed by atoms with Crippen LogP contribution in [-0.4, -0.2) is 79.3 Å². The van der Waals surface area contributed by atoms with Gasteiger partial charge in [-0.1, -0.05) is 0 Å². The first-order valence-corrected chi connectivity index (χ1v) is 11.5. The van der Waals surface area contributed by atoms with Crippen LogP contribution in [0.15, 0.2) is 42.7 Å². The Kier molecular flexibility index (Phi) is 5.96. The highest BCUT2D eigenvalue weighted by Crippen LogP contribution is 2.31. The Morgan fingerprint density at radius 2 is 1.75 bits per heavy atom. The number of nitrogens with two attached hydrogens (primary N) is 1. The second-order valence-electron chi connectivity index (χ2n) is 8.70. The Morgan fingerprint density at radius 3 is 2.56 bits per heavy atom. The van der Waals surface area contributed by atoms with Crippen molar-refractivity contribution < 1.29 is 0 Å². The van der Waals surface area contributed by atoms with Gasteiger partial charge < -0.3 is 30.7 Å². The molecule has 0 bridgehead atoms. The van der Waals surface area contributed by atoms with Gasteiger partial charge in [-0.2, -0.15) is 0 Å². The summed E-state index contributed by atoms with van der Waals surface area (Å²) in [4.78, 5) is 19.9. The van der Waals surface area contributed by atoms with E-state index in [2.05, 4.69) is 55.2 Å². The molecule has 2 fully saturated rings. The molecule has 0 amide bonds. The van der Waals surface area contributed by atoms with Crippen LogP contribution in [0.2, 0.25) is 0 Å². The minimum absolute atomic E-state index is 0.786. The number of H-pyrrole nitrogens is 1. The molecule has 32 heavy (non-hydrogen) atoms. The fourth-order valence-corrected chi connectivity index (χ4v) is 4.52. The number of hydrogen-bond acceptors (Lipinski definition) is 7. The number of nitrogen functional groups attached to an aromatic ring is 1. The van der Waals surface area contributed by atoms with Crippen molar-refractivity contribution in [1.82, 2.24) is 25.2 Å². The van der Waals surface area contributed by atoms with Crippen LogP contribution in [-0.2, 0) is 0 Å². The highest BCUT2D eigenvalue weighted by Gasteiger charge is 2.17. The van der Waals surface area contributed by atoms with Crippen molar-refractivity contribution in [3.63, 3.8) is 0 Å². The zero-order chi connectivity index (χ0) is 21.9. The largest absolute Gasteiger partial charge is 0.396 e. The molecule has 2 aliphatic rings. The summed E-state index contributed by atoms with van der Waals surface area (Å²) >= 11 is 0. The molecular weight excluding hydrogens is 400 g/mol. The third kappa shape index (κ3) is 4.42. The molecule has 8 heteroatoms. The van der Waals surface area contributed by atoms with Gasteiger partial charge in [0.15, 0.2) is 0 Å². The average Bonchev–Trinajstić information content (AvgIpc) is 3.10. The van der Waals surface area contributed by atoms with E-state index in [0.717, 1.165) is 92.2 Å². The monoisotopic (exact) mass is 432 g/mol. The number of piperazine rings is 1. The first kappa shape index (κ1) is 20.8. The van der Waals surface area contributed by atoms with Crippen molar-refractivity contribution in [3.05, 3.63) is 42.7 Å². The maximum Gasteiger partial charge on any atom is 0.130 e. The minimum Gasteiger partial charge on any atom is -0.396 e. The Morgan fingerprint density at radius 1 is 0.875 bits per heavy atom. The molecule has 3 aromatic rings. The van der Waals surface area contributed by atoms with E-state index in [-0.39, 0.29) is 0 Å². The fraction of sp³-hybridized carbons (Fsp3) is 0.417. The highest BCUT2D eigenvalue weighted by atomic mass is 15.2. The molecule has 0 aliphatic carbocycles. The number of nitrogens with one attached hydrogen (secondary N) is 2. The predicted octanol–water partition coefficient (Wildman–Crippen LogP) is 2.27. The molecular formula is C24H32N8. The number of aromatic nitrogens is 3. The number of hydrogen-bond donors (Lipinski definition) is 3. The van der Waals surface area contributed by atoms with E-state index in [1.807, 2.05) is 24.5 Å². The molecule has 3 aromatic heterocycles. The third-order valence-electron chi connectivity index (χ3n) is 6.42. The molecule has 5 heterocycles. The summed E-state index contributed by atoms with van der Waals surface area (Å²) in [6.07, 6.45) is 4.95. The summed E-state index contributed by atoms with van der Waals surface area (Å²) < 4.78 is 0. The summed E-state index contributed by atoms with van der Waals surface area (Å²) in [6, 6.07) is 10.4. The van der Waals surface area contributed by atoms with Crippen molar-refractivity contribution in [2.24, 2.45) is 0 Å². The lowest BCUT2D eigenvalue weighted by molar-refractivity contribution is 0.360. The van der Waals surface area contributed by atoms with Gasteiger partial charge in [0.25, 0.3) is 0 Å². The molecule has 0 spiro atoms. The van der Waals surface area contributed by atoms with Gasteiger partial charge in [0, 0.05) is 75.0 Å². The average molecular weight is 433 g/mol. The van der Waals surface area contributed by atoms with Gasteiger partial charge in [-0.05, 0) is 50.3 Å². The van der Waals surface area contributed by atoms with Crippen LogP contribution in [0, 0.1) is 0 Å². The van der Waals surface area contributed by atoms with Crippen LogP contribution in [0.3, 0.4) is 0 Å². The van der Waals surface area contributed by atoms with Crippen LogP contribution in [0.5, 0.6) is 0 Å². The van der Waals surface area contributed by atoms with E-state index < -0.39 is 0 Å². The molecule has 168 valence electrons. The lowest BCUT2D eigenvalue weighted by atomic mass is 10.1. The van der Waals surface area contributed by atoms with Gasteiger partial charge in [0.1, 0.15) is 11.6 Å². The zero-order valence-corrected chi connectivity index (χ0v) is 18.7. The molecule has 2 aliphatic heterocycles. The fourth-order valence-electron chi connectivity index (χ4n) is 4.52. The topological polar surface area (TPSA) is 89.3 Å². The third-order valence-corrected chi connectivity index (χ3v) is 6.42. The molecule has 5 rings (SSSR count). The van der Waals surface area contributed by atoms with E-state index >= 15 is 0 Å². The van der Waals surface area contributed by atoms with Crippen LogP contribution >= 0.6 is 0 Å². The lowest BCUT2D eigenvalue weighted by Crippen LogP contribution is -2.43. The molecule has 0 saturated carbocycles. The van der Waals surface area contributed by atoms with E-state index in [1.54, 1.807) is 0 Å². The molecule has 0 atom stereocenters. The Labute approximate surface area is 189 Å². The summed E-state index contributed by atoms with van der Waals surface area (Å²) in [5.74, 6) is 2.05. The number of rotatable bonds is 4. The predicted molar refractivity (Wildman–Crippen MR) is 131 cm³/mol. The van der Waals surface area contributed by atoms with E-state index in [4.69, 9.17) is 10.7 Å². The van der Waals surface area contributed by atoms with Gasteiger partial charge in [0.05, 0.1) is 11.4 Å². The highest BCUT2D eigenvalue weighted by molar-refractivity contribution is 5.77. The van der Waals surface area contributed by atoms with Crippen molar-refractivity contribution in [1.29, 1.82) is 0 Å². The van der Waals surface area contributed by atoms with Gasteiger partial charge in [0.2, 0.25) is 0 Å². The van der Waals surface area contributed by atoms with Crippen LogP contribution in [0.1, 0.15) is 6.42 Å². The molecule has 2 saturated heterocycles. The standard InChI is InChI=1S/C24H32N8/c1-30-9-2-10-31(14-13-30)23-4-3-19(17-28-23)21-15-18(5-6-27-21)22-16-20(25)24(29-22)32-11-7-26-8-12-32/h3-6,15-17,26,29H,2,7-14,25H2,1H3. The summed E-state index contributed by atoms with van der Waals surface area (Å²) in [5.41, 5.74) is 11.1. The van der Waals surface area contributed by atoms with E-state index in [9.17, 15) is 0 Å². The van der Waals surface area contributed by atoms with Crippen LogP contribution in [0.25, 0.3) is 22.5 Å². The summed E-state index contributed by atoms with van der Waals surface area (Å²) in [5, 5.41) is 3.38. The molecule has 0 aromatic carbocycles.